The number of aromatic hydroxyl groups is 1. The molecule has 1 aliphatic heterocycles. The third-order valence-corrected chi connectivity index (χ3v) is 8.12. The second-order valence-corrected chi connectivity index (χ2v) is 9.91. The number of aromatic nitrogens is 1. The predicted molar refractivity (Wildman–Crippen MR) is 121 cm³/mol. The molecule has 2 heterocycles. The lowest BCUT2D eigenvalue weighted by Gasteiger charge is -2.25. The molecule has 2 atom stereocenters. The fourth-order valence-electron chi connectivity index (χ4n) is 4.02. The molecule has 1 aromatic heterocycles. The second kappa shape index (κ2) is 7.54. The van der Waals surface area contributed by atoms with Crippen LogP contribution in [0, 0.1) is 5.92 Å². The van der Waals surface area contributed by atoms with Gasteiger partial charge < -0.3 is 5.11 Å². The van der Waals surface area contributed by atoms with Crippen LogP contribution >= 0.6 is 34.7 Å². The summed E-state index contributed by atoms with van der Waals surface area (Å²) in [4.78, 5) is 9.73. The van der Waals surface area contributed by atoms with Crippen molar-refractivity contribution in [2.75, 3.05) is 0 Å². The van der Waals surface area contributed by atoms with E-state index in [4.69, 9.17) is 21.6 Å². The number of hydrogen-bond donors (Lipinski definition) is 1. The standard InChI is InChI=1S/C22H19ClN2OS2/c23-14-9-10-19-16(11-14)25-22(28-19)20-15-6-2-4-8-18(15)27-21(20)24-12-13-5-1-3-7-17(13)26/h1,3,5,7,9-12,15,18,26H,2,4,6,8H2/b24-12+. The van der Waals surface area contributed by atoms with Crippen LogP contribution in [0.15, 0.2) is 52.5 Å². The topological polar surface area (TPSA) is 45.5 Å². The molecule has 2 aliphatic rings. The fraction of sp³-hybridized carbons (Fsp3) is 0.273. The van der Waals surface area contributed by atoms with E-state index >= 15 is 0 Å². The minimum atomic E-state index is 0.253. The summed E-state index contributed by atoms with van der Waals surface area (Å²) in [6.45, 7) is 0. The van der Waals surface area contributed by atoms with Crippen molar-refractivity contribution in [1.29, 1.82) is 0 Å². The lowest BCUT2D eigenvalue weighted by atomic mass is 9.84. The van der Waals surface area contributed by atoms with E-state index in [1.165, 1.54) is 31.3 Å². The van der Waals surface area contributed by atoms with Crippen molar-refractivity contribution < 1.29 is 5.11 Å². The van der Waals surface area contributed by atoms with Crippen LogP contribution in [0.5, 0.6) is 5.75 Å². The molecule has 6 heteroatoms. The van der Waals surface area contributed by atoms with Gasteiger partial charge in [0.05, 0.1) is 10.2 Å². The molecule has 0 amide bonds. The van der Waals surface area contributed by atoms with Crippen molar-refractivity contribution >= 4 is 56.7 Å². The summed E-state index contributed by atoms with van der Waals surface area (Å²) in [5.74, 6) is 0.759. The van der Waals surface area contributed by atoms with Crippen LogP contribution in [0.4, 0.5) is 0 Å². The molecule has 3 nitrogen and oxygen atoms in total. The van der Waals surface area contributed by atoms with E-state index < -0.39 is 0 Å². The number of rotatable bonds is 3. The van der Waals surface area contributed by atoms with Gasteiger partial charge in [0.25, 0.3) is 0 Å². The van der Waals surface area contributed by atoms with Crippen LogP contribution < -0.4 is 0 Å². The molecule has 1 fully saturated rings. The number of allylic oxidation sites excluding steroid dienone is 1. The number of aliphatic imine (C=N–C) groups is 1. The average molecular weight is 427 g/mol. The number of nitrogens with zero attached hydrogens (tertiary/aromatic N) is 2. The molecular formula is C22H19ClN2OS2. The Morgan fingerprint density at radius 2 is 2.00 bits per heavy atom. The van der Waals surface area contributed by atoms with Crippen molar-refractivity contribution in [1.82, 2.24) is 4.98 Å². The summed E-state index contributed by atoms with van der Waals surface area (Å²) in [6, 6.07) is 13.2. The summed E-state index contributed by atoms with van der Waals surface area (Å²) < 4.78 is 1.15. The monoisotopic (exact) mass is 426 g/mol. The number of fused-ring (bicyclic) bond motifs is 2. The molecule has 1 N–H and O–H groups in total. The largest absolute Gasteiger partial charge is 0.507 e. The molecule has 0 spiro atoms. The molecule has 0 saturated heterocycles. The van der Waals surface area contributed by atoms with Gasteiger partial charge in [-0.05, 0) is 43.2 Å². The maximum atomic E-state index is 10.1. The minimum absolute atomic E-state index is 0.253. The number of thiazole rings is 1. The van der Waals surface area contributed by atoms with Gasteiger partial charge in [-0.15, -0.1) is 23.1 Å². The Balaban J connectivity index is 1.59. The van der Waals surface area contributed by atoms with E-state index in [1.807, 2.05) is 48.2 Å². The van der Waals surface area contributed by atoms with Gasteiger partial charge in [0.2, 0.25) is 0 Å². The molecule has 0 radical (unpaired) electrons. The normalized spacial score (nSPS) is 22.3. The van der Waals surface area contributed by atoms with Crippen molar-refractivity contribution in [2.45, 2.75) is 30.9 Å². The first-order valence-corrected chi connectivity index (χ1v) is 11.6. The number of benzene rings is 2. The number of hydrogen-bond acceptors (Lipinski definition) is 5. The summed E-state index contributed by atoms with van der Waals surface area (Å²) in [7, 11) is 0. The van der Waals surface area contributed by atoms with E-state index in [0.717, 1.165) is 25.8 Å². The minimum Gasteiger partial charge on any atom is -0.507 e. The third-order valence-electron chi connectivity index (χ3n) is 5.40. The summed E-state index contributed by atoms with van der Waals surface area (Å²) >= 11 is 9.76. The van der Waals surface area contributed by atoms with Crippen molar-refractivity contribution in [3.8, 4) is 5.75 Å². The van der Waals surface area contributed by atoms with E-state index in [-0.39, 0.29) is 5.75 Å². The first-order valence-electron chi connectivity index (χ1n) is 9.48. The molecule has 1 aliphatic carbocycles. The Morgan fingerprint density at radius 1 is 1.14 bits per heavy atom. The van der Waals surface area contributed by atoms with E-state index in [0.29, 0.717) is 16.2 Å². The van der Waals surface area contributed by atoms with Crippen molar-refractivity contribution in [3.05, 3.63) is 63.1 Å². The highest BCUT2D eigenvalue weighted by molar-refractivity contribution is 8.04. The highest BCUT2D eigenvalue weighted by atomic mass is 35.5. The van der Waals surface area contributed by atoms with Gasteiger partial charge in [-0.25, -0.2) is 9.98 Å². The second-order valence-electron chi connectivity index (χ2n) is 7.21. The fourth-order valence-corrected chi connectivity index (χ4v) is 6.81. The molecular weight excluding hydrogens is 408 g/mol. The molecule has 142 valence electrons. The molecule has 2 unspecified atom stereocenters. The maximum Gasteiger partial charge on any atom is 0.124 e. The van der Waals surface area contributed by atoms with Crippen LogP contribution in [-0.2, 0) is 0 Å². The van der Waals surface area contributed by atoms with Gasteiger partial charge in [0, 0.05) is 33.5 Å². The highest BCUT2D eigenvalue weighted by Gasteiger charge is 2.39. The number of thioether (sulfide) groups is 1. The molecule has 2 aromatic carbocycles. The van der Waals surface area contributed by atoms with Gasteiger partial charge >= 0.3 is 0 Å². The zero-order valence-corrected chi connectivity index (χ0v) is 17.5. The zero-order chi connectivity index (χ0) is 19.1. The molecule has 3 aromatic rings. The number of phenolic OH excluding ortho intramolecular Hbond substituents is 1. The maximum absolute atomic E-state index is 10.1. The predicted octanol–water partition coefficient (Wildman–Crippen LogP) is 6.75. The number of para-hydroxylation sites is 1. The Morgan fingerprint density at radius 3 is 2.89 bits per heavy atom. The number of halogens is 1. The van der Waals surface area contributed by atoms with Crippen LogP contribution in [0.2, 0.25) is 5.02 Å². The summed E-state index contributed by atoms with van der Waals surface area (Å²) in [6.07, 6.45) is 6.75. The number of phenols is 1. The highest BCUT2D eigenvalue weighted by Crippen LogP contribution is 2.54. The van der Waals surface area contributed by atoms with Crippen molar-refractivity contribution in [2.24, 2.45) is 10.9 Å². The molecule has 28 heavy (non-hydrogen) atoms. The Hall–Kier alpha value is -1.82. The molecule has 1 saturated carbocycles. The lowest BCUT2D eigenvalue weighted by molar-refractivity contribution is 0.446. The van der Waals surface area contributed by atoms with Crippen LogP contribution in [0.3, 0.4) is 0 Å². The van der Waals surface area contributed by atoms with Gasteiger partial charge in [-0.1, -0.05) is 36.6 Å². The SMILES string of the molecule is Oc1ccccc1/C=N/C1=C(c2nc3cc(Cl)ccc3s2)C2CCCCC2S1. The lowest BCUT2D eigenvalue weighted by Crippen LogP contribution is -2.18. The first-order chi connectivity index (χ1) is 13.7. The Kier molecular flexibility index (Phi) is 4.91. The summed E-state index contributed by atoms with van der Waals surface area (Å²) in [5, 5.41) is 13.5. The van der Waals surface area contributed by atoms with Gasteiger partial charge in [0.1, 0.15) is 15.8 Å². The summed E-state index contributed by atoms with van der Waals surface area (Å²) in [5.41, 5.74) is 2.97. The first kappa shape index (κ1) is 18.2. The van der Waals surface area contributed by atoms with Gasteiger partial charge in [-0.2, -0.15) is 0 Å². The smallest absolute Gasteiger partial charge is 0.124 e. The Labute approximate surface area is 177 Å². The van der Waals surface area contributed by atoms with E-state index in [9.17, 15) is 5.11 Å². The Bertz CT molecular complexity index is 1100. The zero-order valence-electron chi connectivity index (χ0n) is 15.1. The third kappa shape index (κ3) is 3.36. The van der Waals surface area contributed by atoms with E-state index in [1.54, 1.807) is 23.6 Å². The van der Waals surface area contributed by atoms with Gasteiger partial charge in [-0.3, -0.25) is 0 Å². The van der Waals surface area contributed by atoms with Crippen LogP contribution in [0.1, 0.15) is 36.3 Å². The average Bonchev–Trinajstić information content (AvgIpc) is 3.27. The molecule has 5 rings (SSSR count). The van der Waals surface area contributed by atoms with Crippen molar-refractivity contribution in [3.63, 3.8) is 0 Å². The van der Waals surface area contributed by atoms with Crippen LogP contribution in [-0.4, -0.2) is 21.6 Å². The quantitative estimate of drug-likeness (QED) is 0.471. The van der Waals surface area contributed by atoms with Gasteiger partial charge in [0.15, 0.2) is 0 Å². The van der Waals surface area contributed by atoms with Crippen LogP contribution in [0.25, 0.3) is 15.8 Å². The van der Waals surface area contributed by atoms with E-state index in [2.05, 4.69) is 0 Å². The molecule has 0 bridgehead atoms.